The van der Waals surface area contributed by atoms with Gasteiger partial charge in [0.25, 0.3) is 0 Å². The van der Waals surface area contributed by atoms with Crippen LogP contribution in [0.1, 0.15) is 45.1 Å². The van der Waals surface area contributed by atoms with Crippen LogP contribution in [0.25, 0.3) is 10.8 Å². The highest BCUT2D eigenvalue weighted by Crippen LogP contribution is 2.39. The van der Waals surface area contributed by atoms with E-state index in [1.165, 1.54) is 0 Å². The number of alkyl halides is 2. The monoisotopic (exact) mass is 515 g/mol. The summed E-state index contributed by atoms with van der Waals surface area (Å²) >= 11 is 2.28. The molecule has 1 saturated carbocycles. The minimum absolute atomic E-state index is 0.0244. The summed E-state index contributed by atoms with van der Waals surface area (Å²) in [5.41, 5.74) is 0.449. The zero-order valence-electron chi connectivity index (χ0n) is 16.4. The van der Waals surface area contributed by atoms with Crippen LogP contribution in [0.4, 0.5) is 13.6 Å². The summed E-state index contributed by atoms with van der Waals surface area (Å²) in [6.45, 7) is 3.26. The molecule has 0 spiro atoms. The minimum Gasteiger partial charge on any atom is -0.489 e. The highest BCUT2D eigenvalue weighted by atomic mass is 127. The van der Waals surface area contributed by atoms with Gasteiger partial charge in [0.05, 0.1) is 15.2 Å². The standard InChI is InChI=1S/C22H24F2INO3/c1-21(12-28-20(27)26-21)15-6-9-17-13(11-15)3-10-18(19(17)25)29-16-7-4-14(5-8-16)22(2,23)24/h3,6,9-11,14,16H,4-5,7-8,12H2,1-2H3,(H,26,27). The van der Waals surface area contributed by atoms with Crippen LogP contribution in [0.5, 0.6) is 5.75 Å². The highest BCUT2D eigenvalue weighted by molar-refractivity contribution is 14.1. The topological polar surface area (TPSA) is 47.6 Å². The molecule has 7 heteroatoms. The number of alkyl carbamates (subject to hydrolysis) is 1. The van der Waals surface area contributed by atoms with E-state index in [1.54, 1.807) is 0 Å². The number of cyclic esters (lactones) is 1. The van der Waals surface area contributed by atoms with Gasteiger partial charge in [-0.05, 0) is 90.6 Å². The third-order valence-electron chi connectivity index (χ3n) is 6.11. The van der Waals surface area contributed by atoms with E-state index in [-0.39, 0.29) is 6.10 Å². The largest absolute Gasteiger partial charge is 0.489 e. The molecule has 1 aliphatic heterocycles. The van der Waals surface area contributed by atoms with Crippen LogP contribution in [0, 0.1) is 9.49 Å². The second-order valence-electron chi connectivity index (χ2n) is 8.39. The summed E-state index contributed by atoms with van der Waals surface area (Å²) in [6.07, 6.45) is 1.87. The van der Waals surface area contributed by atoms with Crippen molar-refractivity contribution >= 4 is 39.5 Å². The number of nitrogens with one attached hydrogen (secondary N) is 1. The lowest BCUT2D eigenvalue weighted by Crippen LogP contribution is -2.37. The molecule has 2 aliphatic rings. The predicted octanol–water partition coefficient (Wildman–Crippen LogP) is 5.99. The fraction of sp³-hybridized carbons (Fsp3) is 0.500. The maximum Gasteiger partial charge on any atom is 0.408 e. The van der Waals surface area contributed by atoms with Crippen LogP contribution < -0.4 is 10.1 Å². The number of carbonyl (C=O) groups excluding carboxylic acids is 1. The average Bonchev–Trinajstić information content (AvgIpc) is 3.03. The first-order valence-electron chi connectivity index (χ1n) is 9.88. The molecule has 1 saturated heterocycles. The van der Waals surface area contributed by atoms with Crippen molar-refractivity contribution in [3.63, 3.8) is 0 Å². The van der Waals surface area contributed by atoms with Gasteiger partial charge in [0, 0.05) is 5.92 Å². The SMILES string of the molecule is CC1(c2ccc3c(I)c(OC4CCC(C(C)(F)F)CC4)ccc3c2)COC(=O)N1. The lowest BCUT2D eigenvalue weighted by molar-refractivity contribution is -0.0631. The van der Waals surface area contributed by atoms with Crippen LogP contribution in [0.2, 0.25) is 0 Å². The Balaban J connectivity index is 1.51. The van der Waals surface area contributed by atoms with Gasteiger partial charge in [0.1, 0.15) is 12.4 Å². The first kappa shape index (κ1) is 20.6. The Labute approximate surface area is 182 Å². The second kappa shape index (κ2) is 7.56. The van der Waals surface area contributed by atoms with Crippen molar-refractivity contribution in [2.24, 2.45) is 5.92 Å². The number of ether oxygens (including phenoxy) is 2. The number of fused-ring (bicyclic) bond motifs is 1. The van der Waals surface area contributed by atoms with E-state index in [9.17, 15) is 13.6 Å². The summed E-state index contributed by atoms with van der Waals surface area (Å²) in [5.74, 6) is -2.36. The Morgan fingerprint density at radius 2 is 1.93 bits per heavy atom. The van der Waals surface area contributed by atoms with Crippen LogP contribution in [0.3, 0.4) is 0 Å². The van der Waals surface area contributed by atoms with Crippen LogP contribution in [-0.2, 0) is 10.3 Å². The zero-order chi connectivity index (χ0) is 20.8. The predicted molar refractivity (Wildman–Crippen MR) is 115 cm³/mol. The number of carbonyl (C=O) groups is 1. The molecular weight excluding hydrogens is 491 g/mol. The molecule has 1 heterocycles. The Morgan fingerprint density at radius 1 is 1.21 bits per heavy atom. The van der Waals surface area contributed by atoms with E-state index in [1.807, 2.05) is 31.2 Å². The molecule has 4 rings (SSSR count). The number of rotatable bonds is 4. The maximum atomic E-state index is 13.5. The van der Waals surface area contributed by atoms with Gasteiger partial charge in [0.15, 0.2) is 0 Å². The minimum atomic E-state index is -2.61. The Hall–Kier alpha value is -1.64. The van der Waals surface area contributed by atoms with Crippen LogP contribution in [0.15, 0.2) is 30.3 Å². The van der Waals surface area contributed by atoms with Gasteiger partial charge in [0.2, 0.25) is 5.92 Å². The molecule has 29 heavy (non-hydrogen) atoms. The van der Waals surface area contributed by atoms with Crippen molar-refractivity contribution in [2.75, 3.05) is 6.61 Å². The van der Waals surface area contributed by atoms with Gasteiger partial charge in [-0.15, -0.1) is 0 Å². The van der Waals surface area contributed by atoms with E-state index < -0.39 is 23.5 Å². The molecule has 1 amide bonds. The molecule has 0 radical (unpaired) electrons. The van der Waals surface area contributed by atoms with E-state index in [4.69, 9.17) is 9.47 Å². The van der Waals surface area contributed by atoms with Gasteiger partial charge >= 0.3 is 6.09 Å². The third kappa shape index (κ3) is 4.15. The second-order valence-corrected chi connectivity index (χ2v) is 9.47. The van der Waals surface area contributed by atoms with Crippen molar-refractivity contribution < 1.29 is 23.0 Å². The Morgan fingerprint density at radius 3 is 2.55 bits per heavy atom. The smallest absolute Gasteiger partial charge is 0.408 e. The van der Waals surface area contributed by atoms with Gasteiger partial charge in [-0.3, -0.25) is 0 Å². The van der Waals surface area contributed by atoms with Crippen molar-refractivity contribution in [3.05, 3.63) is 39.5 Å². The van der Waals surface area contributed by atoms with Gasteiger partial charge in [-0.1, -0.05) is 18.2 Å². The normalized spacial score (nSPS) is 27.6. The summed E-state index contributed by atoms with van der Waals surface area (Å²) < 4.78 is 39.3. The maximum absolute atomic E-state index is 13.5. The molecule has 4 nitrogen and oxygen atoms in total. The third-order valence-corrected chi connectivity index (χ3v) is 7.22. The first-order chi connectivity index (χ1) is 13.7. The molecule has 2 fully saturated rings. The number of benzene rings is 2. The molecule has 1 N–H and O–H groups in total. The number of amides is 1. The molecule has 156 valence electrons. The summed E-state index contributed by atoms with van der Waals surface area (Å²) in [6, 6.07) is 10.0. The quantitative estimate of drug-likeness (QED) is 0.509. The fourth-order valence-electron chi connectivity index (χ4n) is 4.24. The first-order valence-corrected chi connectivity index (χ1v) is 11.0. The summed E-state index contributed by atoms with van der Waals surface area (Å²) in [4.78, 5) is 11.5. The van der Waals surface area contributed by atoms with Crippen molar-refractivity contribution in [1.82, 2.24) is 5.32 Å². The van der Waals surface area contributed by atoms with Crippen LogP contribution in [-0.4, -0.2) is 24.7 Å². The molecule has 0 aromatic heterocycles. The van der Waals surface area contributed by atoms with Crippen molar-refractivity contribution in [2.45, 2.75) is 57.1 Å². The van der Waals surface area contributed by atoms with Gasteiger partial charge < -0.3 is 14.8 Å². The Bertz CT molecular complexity index is 938. The van der Waals surface area contributed by atoms with Gasteiger partial charge in [-0.2, -0.15) is 0 Å². The van der Waals surface area contributed by atoms with E-state index in [0.29, 0.717) is 32.3 Å². The average molecular weight is 515 g/mol. The highest BCUT2D eigenvalue weighted by Gasteiger charge is 2.38. The van der Waals surface area contributed by atoms with Crippen LogP contribution >= 0.6 is 22.6 Å². The molecule has 1 atom stereocenters. The molecule has 1 unspecified atom stereocenters. The fourth-order valence-corrected chi connectivity index (χ4v) is 5.03. The summed E-state index contributed by atoms with van der Waals surface area (Å²) in [7, 11) is 0. The molecular formula is C22H24F2INO3. The number of hydrogen-bond donors (Lipinski definition) is 1. The zero-order valence-corrected chi connectivity index (χ0v) is 18.6. The lowest BCUT2D eigenvalue weighted by Gasteiger charge is -2.32. The van der Waals surface area contributed by atoms with E-state index in [0.717, 1.165) is 32.6 Å². The lowest BCUT2D eigenvalue weighted by atomic mass is 9.84. The summed E-state index contributed by atoms with van der Waals surface area (Å²) in [5, 5.41) is 4.98. The van der Waals surface area contributed by atoms with Gasteiger partial charge in [-0.25, -0.2) is 13.6 Å². The number of hydrogen-bond acceptors (Lipinski definition) is 3. The Kier molecular flexibility index (Phi) is 5.38. The molecule has 2 aromatic carbocycles. The molecule has 2 aromatic rings. The van der Waals surface area contributed by atoms with E-state index >= 15 is 0 Å². The molecule has 1 aliphatic carbocycles. The van der Waals surface area contributed by atoms with E-state index in [2.05, 4.69) is 34.0 Å². The molecule has 0 bridgehead atoms. The van der Waals surface area contributed by atoms with Crippen molar-refractivity contribution in [3.8, 4) is 5.75 Å². The number of halogens is 3. The van der Waals surface area contributed by atoms with Crippen molar-refractivity contribution in [1.29, 1.82) is 0 Å².